The van der Waals surface area contributed by atoms with Gasteiger partial charge in [0.15, 0.2) is 17.3 Å². The summed E-state index contributed by atoms with van der Waals surface area (Å²) in [5.41, 5.74) is 0.653. The van der Waals surface area contributed by atoms with E-state index in [1.165, 1.54) is 26.0 Å². The number of aromatic hydroxyl groups is 1. The minimum absolute atomic E-state index is 0.0415. The average molecular weight is 426 g/mol. The first kappa shape index (κ1) is 23.3. The lowest BCUT2D eigenvalue weighted by Crippen LogP contribution is -2.30. The molecule has 0 bridgehead atoms. The lowest BCUT2D eigenvalue weighted by molar-refractivity contribution is -0.136. The molecule has 164 valence electrons. The maximum Gasteiger partial charge on any atom is 0.279 e. The van der Waals surface area contributed by atoms with Gasteiger partial charge in [-0.15, -0.1) is 0 Å². The number of aromatic nitrogens is 2. The van der Waals surface area contributed by atoms with E-state index in [0.717, 1.165) is 16.8 Å². The van der Waals surface area contributed by atoms with Gasteiger partial charge >= 0.3 is 0 Å². The van der Waals surface area contributed by atoms with Crippen LogP contribution in [0.3, 0.4) is 0 Å². The van der Waals surface area contributed by atoms with E-state index in [-0.39, 0.29) is 22.9 Å². The summed E-state index contributed by atoms with van der Waals surface area (Å²) in [5, 5.41) is 16.0. The molecule has 1 aliphatic rings. The van der Waals surface area contributed by atoms with Crippen LogP contribution in [0.4, 0.5) is 5.82 Å². The van der Waals surface area contributed by atoms with Gasteiger partial charge in [0.05, 0.1) is 0 Å². The first-order valence-corrected chi connectivity index (χ1v) is 9.68. The van der Waals surface area contributed by atoms with Gasteiger partial charge in [-0.2, -0.15) is 0 Å². The summed E-state index contributed by atoms with van der Waals surface area (Å²) in [6.45, 7) is 4.31. The van der Waals surface area contributed by atoms with Gasteiger partial charge < -0.3 is 20.6 Å². The van der Waals surface area contributed by atoms with Gasteiger partial charge in [0.1, 0.15) is 17.7 Å². The summed E-state index contributed by atoms with van der Waals surface area (Å²) in [4.78, 5) is 47.0. The number of hydrogen-bond acceptors (Lipinski definition) is 8. The Balaban J connectivity index is 0.00000166. The number of benzene rings is 1. The quantitative estimate of drug-likeness (QED) is 0.590. The molecule has 3 amide bonds. The zero-order valence-corrected chi connectivity index (χ0v) is 18.1. The Morgan fingerprint density at radius 2 is 1.68 bits per heavy atom. The summed E-state index contributed by atoms with van der Waals surface area (Å²) in [5.74, 6) is -2.32. The molecule has 2 heterocycles. The van der Waals surface area contributed by atoms with Crippen LogP contribution in [0.1, 0.15) is 29.9 Å². The first-order valence-electron chi connectivity index (χ1n) is 9.68. The second-order valence-electron chi connectivity index (χ2n) is 6.50. The van der Waals surface area contributed by atoms with Gasteiger partial charge in [0, 0.05) is 27.7 Å². The molecular formula is C21H26N6O4. The Morgan fingerprint density at radius 3 is 2.29 bits per heavy atom. The number of likely N-dealkylation sites (N-methyl/N-ethyl adjacent to an activating group) is 1. The van der Waals surface area contributed by atoms with Gasteiger partial charge in [0.2, 0.25) is 0 Å². The second-order valence-corrected chi connectivity index (χ2v) is 6.50. The molecule has 0 saturated heterocycles. The Hall–Kier alpha value is -3.95. The highest BCUT2D eigenvalue weighted by atomic mass is 16.3. The molecule has 0 saturated carbocycles. The SMILES string of the molecule is CC.CN(C)C(=O)c1ncnc(NC2=C(NCc3ccccc3)C(=O)N(C)C2=O)c1O. The largest absolute Gasteiger partial charge is 0.503 e. The first-order chi connectivity index (χ1) is 14.8. The molecule has 10 heteroatoms. The Labute approximate surface area is 180 Å². The van der Waals surface area contributed by atoms with E-state index >= 15 is 0 Å². The topological polar surface area (TPSA) is 128 Å². The predicted octanol–water partition coefficient (Wildman–Crippen LogP) is 1.32. The molecule has 0 radical (unpaired) electrons. The van der Waals surface area contributed by atoms with Crippen LogP contribution in [0, 0.1) is 0 Å². The van der Waals surface area contributed by atoms with Crippen molar-refractivity contribution in [2.75, 3.05) is 26.5 Å². The minimum atomic E-state index is -0.593. The molecule has 10 nitrogen and oxygen atoms in total. The Morgan fingerprint density at radius 1 is 1.06 bits per heavy atom. The Bertz CT molecular complexity index is 1000. The number of amides is 3. The lowest BCUT2D eigenvalue weighted by Gasteiger charge is -2.13. The van der Waals surface area contributed by atoms with Crippen molar-refractivity contribution in [1.29, 1.82) is 0 Å². The van der Waals surface area contributed by atoms with Gasteiger partial charge in [0.25, 0.3) is 17.7 Å². The molecule has 3 N–H and O–H groups in total. The highest BCUT2D eigenvalue weighted by molar-refractivity contribution is 6.20. The third-order valence-electron chi connectivity index (χ3n) is 4.27. The zero-order chi connectivity index (χ0) is 23.1. The molecule has 2 aromatic rings. The van der Waals surface area contributed by atoms with Crippen LogP contribution in [0.15, 0.2) is 48.1 Å². The van der Waals surface area contributed by atoms with E-state index in [0.29, 0.717) is 6.54 Å². The number of anilines is 1. The molecule has 1 aliphatic heterocycles. The molecule has 0 fully saturated rings. The van der Waals surface area contributed by atoms with Crippen molar-refractivity contribution in [3.8, 4) is 5.75 Å². The van der Waals surface area contributed by atoms with Crippen molar-refractivity contribution in [3.63, 3.8) is 0 Å². The number of hydrogen-bond donors (Lipinski definition) is 3. The number of nitrogens with one attached hydrogen (secondary N) is 2. The molecule has 31 heavy (non-hydrogen) atoms. The molecule has 1 aromatic heterocycles. The fourth-order valence-electron chi connectivity index (χ4n) is 2.66. The maximum absolute atomic E-state index is 12.5. The maximum atomic E-state index is 12.5. The summed E-state index contributed by atoms with van der Waals surface area (Å²) in [7, 11) is 4.38. The standard InChI is InChI=1S/C19H20N6O4.C2H6/c1-24(2)17(27)14-15(26)16(22-10-21-14)23-13-12(18(28)25(3)19(13)29)20-9-11-7-5-4-6-8-11;1-2/h4-8,10,20,26H,9H2,1-3H3,(H,21,22,23);1-2H3. The van der Waals surface area contributed by atoms with Crippen molar-refractivity contribution >= 4 is 23.5 Å². The second kappa shape index (κ2) is 10.2. The van der Waals surface area contributed by atoms with Crippen LogP contribution >= 0.6 is 0 Å². The van der Waals surface area contributed by atoms with E-state index in [4.69, 9.17) is 0 Å². The third-order valence-corrected chi connectivity index (χ3v) is 4.27. The smallest absolute Gasteiger partial charge is 0.279 e. The fourth-order valence-corrected chi connectivity index (χ4v) is 2.66. The molecule has 0 aliphatic carbocycles. The monoisotopic (exact) mass is 426 g/mol. The van der Waals surface area contributed by atoms with Crippen LogP contribution in [-0.4, -0.2) is 63.7 Å². The lowest BCUT2D eigenvalue weighted by atomic mass is 10.2. The molecule has 0 spiro atoms. The number of nitrogens with zero attached hydrogens (tertiary/aromatic N) is 4. The number of carbonyl (C=O) groups is 3. The minimum Gasteiger partial charge on any atom is -0.503 e. The molecule has 0 atom stereocenters. The van der Waals surface area contributed by atoms with E-state index in [1.54, 1.807) is 0 Å². The number of rotatable bonds is 6. The molecule has 0 unspecified atom stereocenters. The summed E-state index contributed by atoms with van der Waals surface area (Å²) < 4.78 is 0. The summed E-state index contributed by atoms with van der Waals surface area (Å²) in [6.07, 6.45) is 1.08. The van der Waals surface area contributed by atoms with Crippen molar-refractivity contribution in [1.82, 2.24) is 25.1 Å². The van der Waals surface area contributed by atoms with Crippen molar-refractivity contribution < 1.29 is 19.5 Å². The normalized spacial score (nSPS) is 13.0. The van der Waals surface area contributed by atoms with E-state index in [9.17, 15) is 19.5 Å². The van der Waals surface area contributed by atoms with Crippen LogP contribution in [0.2, 0.25) is 0 Å². The van der Waals surface area contributed by atoms with Crippen LogP contribution in [0.5, 0.6) is 5.75 Å². The van der Waals surface area contributed by atoms with Crippen molar-refractivity contribution in [2.45, 2.75) is 20.4 Å². The average Bonchev–Trinajstić information content (AvgIpc) is 2.98. The van der Waals surface area contributed by atoms with E-state index in [2.05, 4.69) is 20.6 Å². The van der Waals surface area contributed by atoms with Gasteiger partial charge in [-0.25, -0.2) is 9.97 Å². The fraction of sp³-hybridized carbons (Fsp3) is 0.286. The van der Waals surface area contributed by atoms with Gasteiger partial charge in [-0.05, 0) is 5.56 Å². The Kier molecular flexibility index (Phi) is 7.67. The van der Waals surface area contributed by atoms with Crippen LogP contribution in [-0.2, 0) is 16.1 Å². The van der Waals surface area contributed by atoms with Gasteiger partial charge in [-0.3, -0.25) is 19.3 Å². The van der Waals surface area contributed by atoms with E-state index in [1.807, 2.05) is 44.2 Å². The van der Waals surface area contributed by atoms with Crippen molar-refractivity contribution in [2.24, 2.45) is 0 Å². The summed E-state index contributed by atoms with van der Waals surface area (Å²) >= 11 is 0. The van der Waals surface area contributed by atoms with E-state index < -0.39 is 23.5 Å². The van der Waals surface area contributed by atoms with Gasteiger partial charge in [-0.1, -0.05) is 44.2 Å². The summed E-state index contributed by atoms with van der Waals surface area (Å²) in [6, 6.07) is 9.35. The zero-order valence-electron chi connectivity index (χ0n) is 18.1. The van der Waals surface area contributed by atoms with Crippen LogP contribution < -0.4 is 10.6 Å². The van der Waals surface area contributed by atoms with Crippen LogP contribution in [0.25, 0.3) is 0 Å². The highest BCUT2D eigenvalue weighted by Gasteiger charge is 2.37. The third kappa shape index (κ3) is 4.97. The predicted molar refractivity (Wildman–Crippen MR) is 115 cm³/mol. The number of imide groups is 1. The highest BCUT2D eigenvalue weighted by Crippen LogP contribution is 2.28. The number of carbonyl (C=O) groups excluding carboxylic acids is 3. The molecular weight excluding hydrogens is 400 g/mol. The molecule has 3 rings (SSSR count). The van der Waals surface area contributed by atoms with Crippen molar-refractivity contribution in [3.05, 3.63) is 59.3 Å². The molecule has 1 aromatic carbocycles.